The fourth-order valence-electron chi connectivity index (χ4n) is 4.06. The zero-order chi connectivity index (χ0) is 23.7. The Bertz CT molecular complexity index is 1180. The summed E-state index contributed by atoms with van der Waals surface area (Å²) in [4.78, 5) is 11.3. The predicted octanol–water partition coefficient (Wildman–Crippen LogP) is 2.46. The standard InChI is InChI=1S/C23H26F2N4O3S/c1-12-10-29(11-13(2)32-12)22-15-9-27-23(33-5)26-8-14(15)6-16(28-22)19-20(24)17(30-3)7-18(31-4)21(19)25/h6-9,12-13H,10-11H2,1-5H3,(H,26,27). The molecule has 1 aromatic carbocycles. The molecule has 1 saturated heterocycles. The number of hydrogen-bond acceptors (Lipinski definition) is 8. The van der Waals surface area contributed by atoms with E-state index in [1.54, 1.807) is 12.3 Å². The first-order valence-electron chi connectivity index (χ1n) is 10.5. The highest BCUT2D eigenvalue weighted by atomic mass is 32.2. The summed E-state index contributed by atoms with van der Waals surface area (Å²) in [5.74, 6) is -1.36. The van der Waals surface area contributed by atoms with Crippen LogP contribution in [0.5, 0.6) is 11.5 Å². The fourth-order valence-corrected chi connectivity index (χ4v) is 4.39. The van der Waals surface area contributed by atoms with Gasteiger partial charge in [0.15, 0.2) is 28.3 Å². The number of morpholine rings is 1. The molecule has 33 heavy (non-hydrogen) atoms. The summed E-state index contributed by atoms with van der Waals surface area (Å²) in [6.07, 6.45) is 5.35. The molecule has 0 bridgehead atoms. The van der Waals surface area contributed by atoms with Gasteiger partial charge in [-0.3, -0.25) is 0 Å². The normalized spacial score (nSPS) is 20.0. The number of fused-ring (bicyclic) bond motifs is 1. The summed E-state index contributed by atoms with van der Waals surface area (Å²) in [7, 11) is 2.64. The molecule has 1 fully saturated rings. The Balaban J connectivity index is 2.00. The number of thioether (sulfide) groups is 1. The maximum absolute atomic E-state index is 15.3. The molecule has 0 radical (unpaired) electrons. The van der Waals surface area contributed by atoms with Crippen LogP contribution in [0.1, 0.15) is 13.8 Å². The number of pyridine rings is 1. The van der Waals surface area contributed by atoms with E-state index in [1.807, 2.05) is 26.3 Å². The van der Waals surface area contributed by atoms with Gasteiger partial charge in [0, 0.05) is 42.0 Å². The molecule has 1 aromatic heterocycles. The Labute approximate surface area is 195 Å². The van der Waals surface area contributed by atoms with E-state index in [9.17, 15) is 0 Å². The van der Waals surface area contributed by atoms with Gasteiger partial charge in [0.1, 0.15) is 5.82 Å². The van der Waals surface area contributed by atoms with Gasteiger partial charge in [0.05, 0.1) is 37.7 Å². The SMILES string of the molecule is COc1cc(OC)c(F)c(-c2cc3c(c(N4CC(C)OC(C)C4)n2)=CNC(SC)=NC=3)c1F. The summed E-state index contributed by atoms with van der Waals surface area (Å²) in [6, 6.07) is 2.81. The van der Waals surface area contributed by atoms with Gasteiger partial charge in [0.2, 0.25) is 0 Å². The third-order valence-electron chi connectivity index (χ3n) is 5.47. The molecule has 10 heteroatoms. The number of nitrogens with one attached hydrogen (secondary N) is 1. The van der Waals surface area contributed by atoms with Crippen molar-refractivity contribution in [3.63, 3.8) is 0 Å². The van der Waals surface area contributed by atoms with Crippen LogP contribution >= 0.6 is 11.8 Å². The Morgan fingerprint density at radius 2 is 1.73 bits per heavy atom. The number of hydrogen-bond donors (Lipinski definition) is 1. The van der Waals surface area contributed by atoms with Crippen LogP contribution in [0.25, 0.3) is 23.7 Å². The van der Waals surface area contributed by atoms with Crippen molar-refractivity contribution in [3.8, 4) is 22.8 Å². The summed E-state index contributed by atoms with van der Waals surface area (Å²) in [5.41, 5.74) is -0.195. The number of nitrogens with zero attached hydrogens (tertiary/aromatic N) is 3. The quantitative estimate of drug-likeness (QED) is 0.727. The minimum atomic E-state index is -0.845. The molecular weight excluding hydrogens is 450 g/mol. The lowest BCUT2D eigenvalue weighted by molar-refractivity contribution is -0.00551. The van der Waals surface area contributed by atoms with Crippen LogP contribution in [0.2, 0.25) is 0 Å². The first-order valence-corrected chi connectivity index (χ1v) is 11.7. The average Bonchev–Trinajstić information content (AvgIpc) is 3.00. The molecule has 2 unspecified atom stereocenters. The smallest absolute Gasteiger partial charge is 0.177 e. The molecule has 0 amide bonds. The molecule has 2 atom stereocenters. The number of amidine groups is 1. The summed E-state index contributed by atoms with van der Waals surface area (Å²) >= 11 is 1.46. The third-order valence-corrected chi connectivity index (χ3v) is 6.08. The molecule has 0 aliphatic carbocycles. The molecule has 2 aliphatic heterocycles. The highest BCUT2D eigenvalue weighted by Crippen LogP contribution is 2.37. The van der Waals surface area contributed by atoms with Crippen molar-refractivity contribution in [2.45, 2.75) is 26.1 Å². The van der Waals surface area contributed by atoms with E-state index in [0.717, 1.165) is 5.22 Å². The van der Waals surface area contributed by atoms with Gasteiger partial charge in [-0.1, -0.05) is 11.8 Å². The van der Waals surface area contributed by atoms with Crippen molar-refractivity contribution in [2.24, 2.45) is 4.99 Å². The second-order valence-corrected chi connectivity index (χ2v) is 8.63. The molecular formula is C23H26F2N4O3S. The van der Waals surface area contributed by atoms with Gasteiger partial charge in [0.25, 0.3) is 0 Å². The van der Waals surface area contributed by atoms with E-state index in [0.29, 0.717) is 29.3 Å². The van der Waals surface area contributed by atoms with Gasteiger partial charge in [-0.15, -0.1) is 0 Å². The second kappa shape index (κ2) is 9.56. The van der Waals surface area contributed by atoms with Crippen LogP contribution in [-0.4, -0.2) is 55.9 Å². The molecule has 4 rings (SSSR count). The number of methoxy groups -OCH3 is 2. The highest BCUT2D eigenvalue weighted by Gasteiger charge is 2.27. The van der Waals surface area contributed by atoms with E-state index in [2.05, 4.69) is 15.2 Å². The van der Waals surface area contributed by atoms with Gasteiger partial charge in [-0.05, 0) is 26.2 Å². The lowest BCUT2D eigenvalue weighted by Gasteiger charge is -2.36. The lowest BCUT2D eigenvalue weighted by Crippen LogP contribution is -2.49. The Morgan fingerprint density at radius 1 is 1.09 bits per heavy atom. The minimum Gasteiger partial charge on any atom is -0.494 e. The number of anilines is 1. The van der Waals surface area contributed by atoms with Crippen molar-refractivity contribution in [1.29, 1.82) is 0 Å². The van der Waals surface area contributed by atoms with Crippen LogP contribution < -0.4 is 30.1 Å². The maximum Gasteiger partial charge on any atom is 0.177 e. The molecule has 3 heterocycles. The Morgan fingerprint density at radius 3 is 2.30 bits per heavy atom. The van der Waals surface area contributed by atoms with Crippen LogP contribution in [0.15, 0.2) is 17.1 Å². The van der Waals surface area contributed by atoms with Gasteiger partial charge >= 0.3 is 0 Å². The summed E-state index contributed by atoms with van der Waals surface area (Å²) in [5, 5.41) is 5.34. The van der Waals surface area contributed by atoms with Crippen molar-refractivity contribution < 1.29 is 23.0 Å². The van der Waals surface area contributed by atoms with E-state index < -0.39 is 11.6 Å². The van der Waals surface area contributed by atoms with Crippen LogP contribution in [0, 0.1) is 11.6 Å². The zero-order valence-corrected chi connectivity index (χ0v) is 19.9. The summed E-state index contributed by atoms with van der Waals surface area (Å²) in [6.45, 7) is 5.15. The Kier molecular flexibility index (Phi) is 6.76. The van der Waals surface area contributed by atoms with E-state index in [-0.39, 0.29) is 35.0 Å². The van der Waals surface area contributed by atoms with E-state index >= 15 is 8.78 Å². The molecule has 7 nitrogen and oxygen atoms in total. The Hall–Kier alpha value is -2.85. The molecule has 0 saturated carbocycles. The first-order chi connectivity index (χ1) is 15.9. The van der Waals surface area contributed by atoms with Crippen molar-refractivity contribution >= 4 is 35.1 Å². The number of halogens is 2. The largest absolute Gasteiger partial charge is 0.494 e. The lowest BCUT2D eigenvalue weighted by atomic mass is 10.1. The molecule has 2 aromatic rings. The van der Waals surface area contributed by atoms with Crippen molar-refractivity contribution in [2.75, 3.05) is 38.5 Å². The maximum atomic E-state index is 15.3. The monoisotopic (exact) mass is 476 g/mol. The predicted molar refractivity (Wildman–Crippen MR) is 127 cm³/mol. The van der Waals surface area contributed by atoms with Crippen LogP contribution in [0.3, 0.4) is 0 Å². The molecule has 2 aliphatic rings. The van der Waals surface area contributed by atoms with Crippen molar-refractivity contribution in [1.82, 2.24) is 10.3 Å². The molecule has 0 spiro atoms. The van der Waals surface area contributed by atoms with Crippen LogP contribution in [-0.2, 0) is 4.74 Å². The average molecular weight is 477 g/mol. The number of rotatable bonds is 4. The van der Waals surface area contributed by atoms with Gasteiger partial charge < -0.3 is 24.4 Å². The topological polar surface area (TPSA) is 68.2 Å². The number of aliphatic imine (C=N–C) groups is 1. The van der Waals surface area contributed by atoms with Gasteiger partial charge in [-0.2, -0.15) is 0 Å². The van der Waals surface area contributed by atoms with Crippen molar-refractivity contribution in [3.05, 3.63) is 34.2 Å². The second-order valence-electron chi connectivity index (χ2n) is 7.84. The number of benzene rings is 1. The minimum absolute atomic E-state index is 0.0269. The van der Waals surface area contributed by atoms with E-state index in [4.69, 9.17) is 19.2 Å². The van der Waals surface area contributed by atoms with Crippen LogP contribution in [0.4, 0.5) is 14.6 Å². The number of aromatic nitrogens is 1. The third kappa shape index (κ3) is 4.49. The zero-order valence-electron chi connectivity index (χ0n) is 19.1. The van der Waals surface area contributed by atoms with Gasteiger partial charge in [-0.25, -0.2) is 18.8 Å². The highest BCUT2D eigenvalue weighted by molar-refractivity contribution is 8.13. The number of ether oxygens (including phenoxy) is 3. The molecule has 176 valence electrons. The van der Waals surface area contributed by atoms with E-state index in [1.165, 1.54) is 32.0 Å². The fraction of sp³-hybridized carbons (Fsp3) is 0.391. The molecule has 1 N–H and O–H groups in total. The summed E-state index contributed by atoms with van der Waals surface area (Å²) < 4.78 is 46.7. The first kappa shape index (κ1) is 23.3.